The van der Waals surface area contributed by atoms with E-state index in [9.17, 15) is 14.4 Å². The van der Waals surface area contributed by atoms with Crippen molar-refractivity contribution in [3.8, 4) is 0 Å². The average molecular weight is 359 g/mol. The predicted octanol–water partition coefficient (Wildman–Crippen LogP) is 2.51. The van der Waals surface area contributed by atoms with Crippen LogP contribution in [0.25, 0.3) is 10.8 Å². The van der Waals surface area contributed by atoms with E-state index in [1.165, 1.54) is 0 Å². The van der Waals surface area contributed by atoms with Gasteiger partial charge in [0.15, 0.2) is 12.3 Å². The maximum Gasteiger partial charge on any atom is 0.359 e. The van der Waals surface area contributed by atoms with Gasteiger partial charge in [0.1, 0.15) is 0 Å². The number of nitrogens with zero attached hydrogens (tertiary/aromatic N) is 2. The summed E-state index contributed by atoms with van der Waals surface area (Å²) in [6.07, 6.45) is 1.63. The second-order valence-electron chi connectivity index (χ2n) is 6.34. The van der Waals surface area contributed by atoms with E-state index in [0.717, 1.165) is 12.8 Å². The van der Waals surface area contributed by atoms with Gasteiger partial charge < -0.3 is 9.64 Å². The number of aromatic nitrogens is 2. The number of benzene rings is 1. The summed E-state index contributed by atoms with van der Waals surface area (Å²) >= 11 is 0. The van der Waals surface area contributed by atoms with Gasteiger partial charge in [0.2, 0.25) is 0 Å². The second-order valence-corrected chi connectivity index (χ2v) is 6.34. The third kappa shape index (κ3) is 4.09. The Morgan fingerprint density at radius 1 is 1.12 bits per heavy atom. The lowest BCUT2D eigenvalue weighted by Crippen LogP contribution is -2.46. The minimum Gasteiger partial charge on any atom is -0.451 e. The number of carbonyl (C=O) groups excluding carboxylic acids is 2. The molecule has 2 rings (SSSR count). The fraction of sp³-hybridized carbons (Fsp3) is 0.474. The number of amides is 1. The van der Waals surface area contributed by atoms with Crippen LogP contribution in [0.4, 0.5) is 0 Å². The molecule has 7 nitrogen and oxygen atoms in total. The van der Waals surface area contributed by atoms with E-state index in [1.54, 1.807) is 29.2 Å². The first-order valence-electron chi connectivity index (χ1n) is 8.86. The van der Waals surface area contributed by atoms with Crippen LogP contribution in [0.5, 0.6) is 0 Å². The molecule has 0 bridgehead atoms. The van der Waals surface area contributed by atoms with Crippen molar-refractivity contribution in [3.63, 3.8) is 0 Å². The van der Waals surface area contributed by atoms with Gasteiger partial charge >= 0.3 is 5.97 Å². The first-order valence-corrected chi connectivity index (χ1v) is 8.86. The Hall–Kier alpha value is -2.70. The van der Waals surface area contributed by atoms with Crippen LogP contribution in [0.2, 0.25) is 0 Å². The van der Waals surface area contributed by atoms with E-state index in [2.05, 4.69) is 10.2 Å². The standard InChI is InChI=1S/C19H25N3O4/c1-5-12(3)22(13(4)6-2)16(23)11-26-19(25)17-14-9-7-8-10-15(14)18(24)21-20-17/h7-10,12-13H,5-6,11H2,1-4H3,(H,21,24)/t12-,13-/m1/s1. The summed E-state index contributed by atoms with van der Waals surface area (Å²) in [4.78, 5) is 38.5. The van der Waals surface area contributed by atoms with Crippen molar-refractivity contribution in [3.05, 3.63) is 40.3 Å². The Bertz CT molecular complexity index is 836. The molecule has 0 aliphatic rings. The third-order valence-corrected chi connectivity index (χ3v) is 4.64. The Morgan fingerprint density at radius 2 is 1.69 bits per heavy atom. The summed E-state index contributed by atoms with van der Waals surface area (Å²) in [7, 11) is 0. The smallest absolute Gasteiger partial charge is 0.359 e. The fourth-order valence-corrected chi connectivity index (χ4v) is 2.86. The highest BCUT2D eigenvalue weighted by Gasteiger charge is 2.25. The van der Waals surface area contributed by atoms with Gasteiger partial charge in [-0.3, -0.25) is 9.59 Å². The molecule has 2 atom stereocenters. The maximum atomic E-state index is 12.6. The molecule has 0 saturated carbocycles. The first-order chi connectivity index (χ1) is 12.4. The Kier molecular flexibility index (Phi) is 6.49. The minimum atomic E-state index is -0.737. The summed E-state index contributed by atoms with van der Waals surface area (Å²) in [5.74, 6) is -0.977. The fourth-order valence-electron chi connectivity index (χ4n) is 2.86. The van der Waals surface area contributed by atoms with E-state index < -0.39 is 5.97 Å². The highest BCUT2D eigenvalue weighted by atomic mass is 16.5. The van der Waals surface area contributed by atoms with Gasteiger partial charge in [-0.25, -0.2) is 9.89 Å². The van der Waals surface area contributed by atoms with Crippen LogP contribution in [-0.4, -0.2) is 45.7 Å². The van der Waals surface area contributed by atoms with Gasteiger partial charge in [0.25, 0.3) is 11.5 Å². The summed E-state index contributed by atoms with van der Waals surface area (Å²) in [6.45, 7) is 7.61. The molecular weight excluding hydrogens is 334 g/mol. The molecule has 1 heterocycles. The number of rotatable bonds is 7. The highest BCUT2D eigenvalue weighted by molar-refractivity contribution is 6.02. The molecule has 0 spiro atoms. The lowest BCUT2D eigenvalue weighted by molar-refractivity contribution is -0.139. The Morgan fingerprint density at radius 3 is 2.27 bits per heavy atom. The number of ether oxygens (including phenoxy) is 1. The molecule has 2 aromatic rings. The molecule has 1 N–H and O–H groups in total. The first kappa shape index (κ1) is 19.6. The Labute approximate surface area is 152 Å². The molecule has 1 amide bonds. The summed E-state index contributed by atoms with van der Waals surface area (Å²) in [5, 5.41) is 6.83. The number of esters is 1. The summed E-state index contributed by atoms with van der Waals surface area (Å²) < 4.78 is 5.19. The zero-order valence-electron chi connectivity index (χ0n) is 15.6. The van der Waals surface area contributed by atoms with Crippen LogP contribution in [0, 0.1) is 0 Å². The number of carbonyl (C=O) groups is 2. The van der Waals surface area contributed by atoms with E-state index in [-0.39, 0.29) is 35.9 Å². The second kappa shape index (κ2) is 8.60. The molecule has 1 aromatic carbocycles. The van der Waals surface area contributed by atoms with Crippen LogP contribution in [-0.2, 0) is 9.53 Å². The van der Waals surface area contributed by atoms with Crippen molar-refractivity contribution in [1.29, 1.82) is 0 Å². The minimum absolute atomic E-state index is 0.00775. The van der Waals surface area contributed by atoms with Crippen LogP contribution in [0.3, 0.4) is 0 Å². The predicted molar refractivity (Wildman–Crippen MR) is 99.0 cm³/mol. The number of hydrogen-bond donors (Lipinski definition) is 1. The van der Waals surface area contributed by atoms with Crippen LogP contribution in [0.15, 0.2) is 29.1 Å². The van der Waals surface area contributed by atoms with Gasteiger partial charge in [-0.2, -0.15) is 5.10 Å². The lowest BCUT2D eigenvalue weighted by Gasteiger charge is -2.33. The monoisotopic (exact) mass is 359 g/mol. The third-order valence-electron chi connectivity index (χ3n) is 4.64. The van der Waals surface area contributed by atoms with Crippen molar-refractivity contribution in [1.82, 2.24) is 15.1 Å². The van der Waals surface area contributed by atoms with Crippen molar-refractivity contribution < 1.29 is 14.3 Å². The zero-order valence-corrected chi connectivity index (χ0v) is 15.6. The normalized spacial score (nSPS) is 13.2. The van der Waals surface area contributed by atoms with E-state index in [4.69, 9.17) is 4.74 Å². The van der Waals surface area contributed by atoms with Gasteiger partial charge in [0, 0.05) is 17.5 Å². The van der Waals surface area contributed by atoms with Gasteiger partial charge in [-0.15, -0.1) is 0 Å². The van der Waals surface area contributed by atoms with Crippen molar-refractivity contribution in [2.75, 3.05) is 6.61 Å². The lowest BCUT2D eigenvalue weighted by atomic mass is 10.1. The number of H-pyrrole nitrogens is 1. The SMILES string of the molecule is CC[C@@H](C)N(C(=O)COC(=O)c1n[nH]c(=O)c2ccccc12)[C@H](C)CC. The van der Waals surface area contributed by atoms with Gasteiger partial charge in [-0.1, -0.05) is 32.0 Å². The number of aromatic amines is 1. The molecule has 0 fully saturated rings. The van der Waals surface area contributed by atoms with E-state index in [0.29, 0.717) is 10.8 Å². The average Bonchev–Trinajstić information content (AvgIpc) is 2.66. The number of nitrogens with one attached hydrogen (secondary N) is 1. The van der Waals surface area contributed by atoms with Crippen molar-refractivity contribution in [2.24, 2.45) is 0 Å². The molecule has 26 heavy (non-hydrogen) atoms. The zero-order chi connectivity index (χ0) is 19.3. The number of hydrogen-bond acceptors (Lipinski definition) is 5. The topological polar surface area (TPSA) is 92.4 Å². The van der Waals surface area contributed by atoms with Crippen LogP contribution >= 0.6 is 0 Å². The molecule has 0 unspecified atom stereocenters. The Balaban J connectivity index is 2.17. The molecule has 0 radical (unpaired) electrons. The van der Waals surface area contributed by atoms with Gasteiger partial charge in [-0.05, 0) is 32.8 Å². The van der Waals surface area contributed by atoms with Gasteiger partial charge in [0.05, 0.1) is 5.39 Å². The molecule has 7 heteroatoms. The molecular formula is C19H25N3O4. The summed E-state index contributed by atoms with van der Waals surface area (Å²) in [6, 6.07) is 6.75. The van der Waals surface area contributed by atoms with E-state index >= 15 is 0 Å². The maximum absolute atomic E-state index is 12.6. The molecule has 0 aliphatic carbocycles. The van der Waals surface area contributed by atoms with Crippen molar-refractivity contribution >= 4 is 22.6 Å². The van der Waals surface area contributed by atoms with Crippen LogP contribution in [0.1, 0.15) is 51.0 Å². The van der Waals surface area contributed by atoms with Crippen molar-refractivity contribution in [2.45, 2.75) is 52.6 Å². The molecule has 0 aliphatic heterocycles. The van der Waals surface area contributed by atoms with Crippen LogP contribution < -0.4 is 5.56 Å². The van der Waals surface area contributed by atoms with E-state index in [1.807, 2.05) is 27.7 Å². The summed E-state index contributed by atoms with van der Waals surface area (Å²) in [5.41, 5.74) is -0.389. The largest absolute Gasteiger partial charge is 0.451 e. The number of fused-ring (bicyclic) bond motifs is 1. The highest BCUT2D eigenvalue weighted by Crippen LogP contribution is 2.15. The molecule has 0 saturated heterocycles. The molecule has 140 valence electrons. The molecule has 1 aromatic heterocycles. The quantitative estimate of drug-likeness (QED) is 0.767.